The largest absolute Gasteiger partial charge is 0.497 e. The zero-order chi connectivity index (χ0) is 15.2. The summed E-state index contributed by atoms with van der Waals surface area (Å²) in [5.41, 5.74) is 0.641. The first-order valence-corrected chi connectivity index (χ1v) is 7.44. The normalized spacial score (nSPS) is 21.7. The van der Waals surface area contributed by atoms with E-state index >= 15 is 0 Å². The van der Waals surface area contributed by atoms with E-state index in [1.54, 1.807) is 32.4 Å². The lowest BCUT2D eigenvalue weighted by Crippen LogP contribution is -2.46. The minimum atomic E-state index is -0.139. The number of piperidine rings is 1. The highest BCUT2D eigenvalue weighted by Crippen LogP contribution is 2.29. The summed E-state index contributed by atoms with van der Waals surface area (Å²) in [4.78, 5) is 12.4. The average molecular weight is 292 g/mol. The molecule has 1 aliphatic rings. The number of benzene rings is 1. The Kier molecular flexibility index (Phi) is 5.44. The molecule has 1 amide bonds. The van der Waals surface area contributed by atoms with Crippen molar-refractivity contribution in [3.05, 3.63) is 18.2 Å². The Labute approximate surface area is 126 Å². The van der Waals surface area contributed by atoms with Gasteiger partial charge in [0.1, 0.15) is 11.5 Å². The van der Waals surface area contributed by atoms with Gasteiger partial charge < -0.3 is 20.1 Å². The molecule has 1 aromatic rings. The number of anilines is 1. The Morgan fingerprint density at radius 1 is 1.38 bits per heavy atom. The maximum absolute atomic E-state index is 12.4. The minimum absolute atomic E-state index is 0.0142. The molecular weight excluding hydrogens is 268 g/mol. The minimum Gasteiger partial charge on any atom is -0.497 e. The van der Waals surface area contributed by atoms with Crippen molar-refractivity contribution in [1.82, 2.24) is 5.32 Å². The van der Waals surface area contributed by atoms with E-state index in [1.165, 1.54) is 0 Å². The van der Waals surface area contributed by atoms with Crippen molar-refractivity contribution >= 4 is 11.6 Å². The van der Waals surface area contributed by atoms with Crippen molar-refractivity contribution in [2.24, 2.45) is 5.92 Å². The van der Waals surface area contributed by atoms with E-state index in [0.29, 0.717) is 23.1 Å². The molecule has 0 aliphatic carbocycles. The lowest BCUT2D eigenvalue weighted by atomic mass is 9.90. The number of carbonyl (C=O) groups excluding carboxylic acids is 1. The Morgan fingerprint density at radius 2 is 2.19 bits per heavy atom. The summed E-state index contributed by atoms with van der Waals surface area (Å²) in [7, 11) is 3.19. The van der Waals surface area contributed by atoms with E-state index < -0.39 is 0 Å². The van der Waals surface area contributed by atoms with E-state index in [2.05, 4.69) is 17.6 Å². The molecule has 0 radical (unpaired) electrons. The van der Waals surface area contributed by atoms with Gasteiger partial charge in [-0.1, -0.05) is 13.3 Å². The van der Waals surface area contributed by atoms with Gasteiger partial charge in [-0.15, -0.1) is 0 Å². The maximum atomic E-state index is 12.4. The smallest absolute Gasteiger partial charge is 0.241 e. The molecule has 21 heavy (non-hydrogen) atoms. The molecule has 1 saturated heterocycles. The topological polar surface area (TPSA) is 59.6 Å². The number of amides is 1. The highest BCUT2D eigenvalue weighted by molar-refractivity contribution is 5.96. The maximum Gasteiger partial charge on any atom is 0.241 e. The molecule has 5 heteroatoms. The number of carbonyl (C=O) groups is 1. The van der Waals surface area contributed by atoms with Gasteiger partial charge in [-0.2, -0.15) is 0 Å². The lowest BCUT2D eigenvalue weighted by Gasteiger charge is -2.29. The Hall–Kier alpha value is -1.75. The van der Waals surface area contributed by atoms with Crippen LogP contribution in [0.25, 0.3) is 0 Å². The highest BCUT2D eigenvalue weighted by atomic mass is 16.5. The molecule has 2 rings (SSSR count). The second kappa shape index (κ2) is 7.31. The Bertz CT molecular complexity index is 490. The lowest BCUT2D eigenvalue weighted by molar-refractivity contribution is -0.119. The van der Waals surface area contributed by atoms with Gasteiger partial charge in [-0.25, -0.2) is 0 Å². The van der Waals surface area contributed by atoms with E-state index in [-0.39, 0.29) is 11.9 Å². The average Bonchev–Trinajstić information content (AvgIpc) is 2.54. The van der Waals surface area contributed by atoms with Gasteiger partial charge in [0.2, 0.25) is 5.91 Å². The molecule has 0 spiro atoms. The number of hydrogen-bond donors (Lipinski definition) is 2. The SMILES string of the molecule is CCC1CCNC(C(=O)Nc2cc(OC)ccc2OC)C1. The van der Waals surface area contributed by atoms with E-state index in [9.17, 15) is 4.79 Å². The molecular formula is C16H24N2O3. The quantitative estimate of drug-likeness (QED) is 0.875. The molecule has 2 N–H and O–H groups in total. The van der Waals surface area contributed by atoms with Crippen molar-refractivity contribution in [3.63, 3.8) is 0 Å². The molecule has 0 aromatic heterocycles. The fraction of sp³-hybridized carbons (Fsp3) is 0.562. The van der Waals surface area contributed by atoms with E-state index in [1.807, 2.05) is 0 Å². The number of hydrogen-bond acceptors (Lipinski definition) is 4. The van der Waals surface area contributed by atoms with Gasteiger partial charge in [-0.3, -0.25) is 4.79 Å². The molecule has 1 aliphatic heterocycles. The highest BCUT2D eigenvalue weighted by Gasteiger charge is 2.26. The van der Waals surface area contributed by atoms with Crippen LogP contribution in [0, 0.1) is 5.92 Å². The van der Waals surface area contributed by atoms with Gasteiger partial charge in [0.05, 0.1) is 25.9 Å². The summed E-state index contributed by atoms with van der Waals surface area (Å²) in [6, 6.07) is 5.23. The van der Waals surface area contributed by atoms with Gasteiger partial charge in [0.25, 0.3) is 0 Å². The van der Waals surface area contributed by atoms with Crippen LogP contribution in [-0.2, 0) is 4.79 Å². The van der Waals surface area contributed by atoms with Crippen molar-refractivity contribution in [2.45, 2.75) is 32.2 Å². The van der Waals surface area contributed by atoms with Gasteiger partial charge in [-0.05, 0) is 37.4 Å². The second-order valence-electron chi connectivity index (χ2n) is 5.36. The summed E-state index contributed by atoms with van der Waals surface area (Å²) in [6.45, 7) is 3.07. The van der Waals surface area contributed by atoms with Crippen LogP contribution in [0.2, 0.25) is 0 Å². The summed E-state index contributed by atoms with van der Waals surface area (Å²) in [5, 5.41) is 6.23. The molecule has 0 bridgehead atoms. The van der Waals surface area contributed by atoms with Crippen molar-refractivity contribution in [1.29, 1.82) is 0 Å². The number of ether oxygens (including phenoxy) is 2. The molecule has 2 atom stereocenters. The first-order valence-electron chi connectivity index (χ1n) is 7.44. The summed E-state index contributed by atoms with van der Waals surface area (Å²) in [5.74, 6) is 1.93. The van der Waals surface area contributed by atoms with Crippen molar-refractivity contribution in [3.8, 4) is 11.5 Å². The van der Waals surface area contributed by atoms with Crippen LogP contribution in [-0.4, -0.2) is 32.7 Å². The molecule has 0 saturated carbocycles. The van der Waals surface area contributed by atoms with Gasteiger partial charge >= 0.3 is 0 Å². The van der Waals surface area contributed by atoms with Gasteiger partial charge in [0.15, 0.2) is 0 Å². The van der Waals surface area contributed by atoms with Crippen molar-refractivity contribution in [2.75, 3.05) is 26.1 Å². The summed E-state index contributed by atoms with van der Waals surface area (Å²) < 4.78 is 10.5. The molecule has 2 unspecified atom stereocenters. The van der Waals surface area contributed by atoms with Crippen LogP contribution >= 0.6 is 0 Å². The third-order valence-electron chi connectivity index (χ3n) is 4.07. The third-order valence-corrected chi connectivity index (χ3v) is 4.07. The van der Waals surface area contributed by atoms with Crippen LogP contribution < -0.4 is 20.1 Å². The standard InChI is InChI=1S/C16H24N2O3/c1-4-11-7-8-17-14(9-11)16(19)18-13-10-12(20-2)5-6-15(13)21-3/h5-6,10-11,14,17H,4,7-9H2,1-3H3,(H,18,19). The number of methoxy groups -OCH3 is 2. The molecule has 1 heterocycles. The Balaban J connectivity index is 2.08. The second-order valence-corrected chi connectivity index (χ2v) is 5.36. The van der Waals surface area contributed by atoms with E-state index in [0.717, 1.165) is 25.8 Å². The van der Waals surface area contributed by atoms with Crippen LogP contribution in [0.15, 0.2) is 18.2 Å². The predicted molar refractivity (Wildman–Crippen MR) is 83.0 cm³/mol. The first kappa shape index (κ1) is 15.6. The third kappa shape index (κ3) is 3.88. The number of rotatable bonds is 5. The summed E-state index contributed by atoms with van der Waals surface area (Å²) >= 11 is 0. The van der Waals surface area contributed by atoms with Crippen molar-refractivity contribution < 1.29 is 14.3 Å². The van der Waals surface area contributed by atoms with Crippen LogP contribution in [0.4, 0.5) is 5.69 Å². The fourth-order valence-corrected chi connectivity index (χ4v) is 2.70. The first-order chi connectivity index (χ1) is 10.2. The van der Waals surface area contributed by atoms with Crippen LogP contribution in [0.5, 0.6) is 11.5 Å². The van der Waals surface area contributed by atoms with E-state index in [4.69, 9.17) is 9.47 Å². The molecule has 1 aromatic carbocycles. The van der Waals surface area contributed by atoms with Crippen LogP contribution in [0.3, 0.4) is 0 Å². The molecule has 116 valence electrons. The fourth-order valence-electron chi connectivity index (χ4n) is 2.70. The molecule has 5 nitrogen and oxygen atoms in total. The Morgan fingerprint density at radius 3 is 2.86 bits per heavy atom. The van der Waals surface area contributed by atoms with Crippen LogP contribution in [0.1, 0.15) is 26.2 Å². The number of nitrogens with one attached hydrogen (secondary N) is 2. The monoisotopic (exact) mass is 292 g/mol. The predicted octanol–water partition coefficient (Wildman–Crippen LogP) is 2.42. The zero-order valence-corrected chi connectivity index (χ0v) is 12.9. The zero-order valence-electron chi connectivity index (χ0n) is 12.9. The summed E-state index contributed by atoms with van der Waals surface area (Å²) in [6.07, 6.45) is 3.14. The molecule has 1 fully saturated rings. The van der Waals surface area contributed by atoms with Gasteiger partial charge in [0, 0.05) is 6.07 Å².